The van der Waals surface area contributed by atoms with Gasteiger partial charge in [-0.15, -0.1) is 5.10 Å². The summed E-state index contributed by atoms with van der Waals surface area (Å²) < 4.78 is 1.73. The van der Waals surface area contributed by atoms with Crippen LogP contribution in [-0.4, -0.2) is 44.5 Å². The fraction of sp³-hybridized carbons (Fsp3) is 0.286. The highest BCUT2D eigenvalue weighted by Gasteiger charge is 2.16. The second-order valence-electron chi connectivity index (χ2n) is 4.57. The average molecular weight is 307 g/mol. The van der Waals surface area contributed by atoms with Crippen LogP contribution in [0.2, 0.25) is 5.02 Å². The number of hydrogen-bond donors (Lipinski definition) is 0. The minimum atomic E-state index is 0.687. The largest absolute Gasteiger partial charge is 0.369 e. The Bertz CT molecular complexity index is 619. The first kappa shape index (κ1) is 13.5. The third-order valence-electron chi connectivity index (χ3n) is 3.25. The molecule has 0 saturated carbocycles. The Kier molecular flexibility index (Phi) is 3.98. The van der Waals surface area contributed by atoms with Crippen molar-refractivity contribution in [3.05, 3.63) is 47.8 Å². The molecule has 0 radical (unpaired) electrons. The molecule has 1 fully saturated rings. The number of aromatic nitrogens is 3. The van der Waals surface area contributed by atoms with Crippen LogP contribution in [0.15, 0.2) is 37.0 Å². The molecular weight excluding hydrogens is 292 g/mol. The topological polar surface area (TPSA) is 34.0 Å². The van der Waals surface area contributed by atoms with Crippen LogP contribution in [0.25, 0.3) is 11.4 Å². The molecule has 1 saturated heterocycles. The molecule has 0 atom stereocenters. The van der Waals surface area contributed by atoms with Gasteiger partial charge >= 0.3 is 0 Å². The third kappa shape index (κ3) is 2.83. The van der Waals surface area contributed by atoms with Crippen LogP contribution in [0.4, 0.5) is 0 Å². The summed E-state index contributed by atoms with van der Waals surface area (Å²) in [6, 6.07) is 7.55. The number of nitrogens with zero attached hydrogens (tertiary/aromatic N) is 4. The molecular formula is C14H15ClN4S. The van der Waals surface area contributed by atoms with Crippen LogP contribution in [-0.2, 0) is 0 Å². The van der Waals surface area contributed by atoms with Crippen molar-refractivity contribution < 1.29 is 0 Å². The van der Waals surface area contributed by atoms with Crippen LogP contribution in [0, 0.1) is 0 Å². The van der Waals surface area contributed by atoms with Crippen LogP contribution < -0.4 is 0 Å². The first-order chi connectivity index (χ1) is 9.74. The Morgan fingerprint density at radius 2 is 2.10 bits per heavy atom. The number of benzene rings is 1. The molecule has 0 aliphatic carbocycles. The van der Waals surface area contributed by atoms with Crippen molar-refractivity contribution >= 4 is 29.1 Å². The Hall–Kier alpha value is -1.46. The minimum absolute atomic E-state index is 0.687. The van der Waals surface area contributed by atoms with Gasteiger partial charge in [-0.05, 0) is 18.2 Å². The van der Waals surface area contributed by atoms with Gasteiger partial charge in [-0.25, -0.2) is 4.68 Å². The maximum Gasteiger partial charge on any atom is 0.128 e. The molecule has 2 aromatic rings. The first-order valence-electron chi connectivity index (χ1n) is 6.44. The van der Waals surface area contributed by atoms with Gasteiger partial charge < -0.3 is 4.90 Å². The third-order valence-corrected chi connectivity index (χ3v) is 4.43. The molecule has 3 rings (SSSR count). The molecule has 6 heteroatoms. The molecule has 1 aliphatic rings. The summed E-state index contributed by atoms with van der Waals surface area (Å²) >= 11 is 7.97. The maximum atomic E-state index is 6.00. The van der Waals surface area contributed by atoms with E-state index in [1.54, 1.807) is 4.68 Å². The zero-order valence-corrected chi connectivity index (χ0v) is 12.6. The van der Waals surface area contributed by atoms with E-state index in [9.17, 15) is 0 Å². The highest BCUT2D eigenvalue weighted by atomic mass is 35.5. The smallest absolute Gasteiger partial charge is 0.128 e. The van der Waals surface area contributed by atoms with E-state index < -0.39 is 0 Å². The Morgan fingerprint density at radius 1 is 1.30 bits per heavy atom. The van der Waals surface area contributed by atoms with Gasteiger partial charge in [0.25, 0.3) is 0 Å². The summed E-state index contributed by atoms with van der Waals surface area (Å²) in [4.78, 5) is 2.27. The van der Waals surface area contributed by atoms with Gasteiger partial charge in [0.05, 0.1) is 17.6 Å². The molecule has 1 aromatic carbocycles. The predicted molar refractivity (Wildman–Crippen MR) is 84.3 cm³/mol. The monoisotopic (exact) mass is 306 g/mol. The first-order valence-corrected chi connectivity index (χ1v) is 7.97. The SMILES string of the molecule is C=C(c1cn(-c2cccc(Cl)c2)nn1)N1CCSCC1. The normalized spacial score (nSPS) is 15.3. The van der Waals surface area contributed by atoms with Crippen molar-refractivity contribution in [2.24, 2.45) is 0 Å². The van der Waals surface area contributed by atoms with Crippen molar-refractivity contribution in [1.29, 1.82) is 0 Å². The lowest BCUT2D eigenvalue weighted by Gasteiger charge is -2.28. The van der Waals surface area contributed by atoms with Gasteiger partial charge in [-0.3, -0.25) is 0 Å². The number of halogens is 1. The fourth-order valence-corrected chi connectivity index (χ4v) is 3.22. The second kappa shape index (κ2) is 5.89. The quantitative estimate of drug-likeness (QED) is 0.873. The van der Waals surface area contributed by atoms with Gasteiger partial charge in [0.15, 0.2) is 0 Å². The molecule has 0 bridgehead atoms. The van der Waals surface area contributed by atoms with Crippen molar-refractivity contribution in [2.45, 2.75) is 0 Å². The van der Waals surface area contributed by atoms with E-state index >= 15 is 0 Å². The molecule has 104 valence electrons. The maximum absolute atomic E-state index is 6.00. The van der Waals surface area contributed by atoms with Gasteiger partial charge in [0, 0.05) is 29.6 Å². The van der Waals surface area contributed by atoms with E-state index in [2.05, 4.69) is 21.8 Å². The molecule has 1 aliphatic heterocycles. The van der Waals surface area contributed by atoms with Crippen molar-refractivity contribution in [1.82, 2.24) is 19.9 Å². The van der Waals surface area contributed by atoms with Crippen LogP contribution in [0.1, 0.15) is 5.69 Å². The molecule has 0 amide bonds. The van der Waals surface area contributed by atoms with Gasteiger partial charge in [0.2, 0.25) is 0 Å². The predicted octanol–water partition coefficient (Wildman–Crippen LogP) is 2.94. The molecule has 20 heavy (non-hydrogen) atoms. The Labute approximate surface area is 127 Å². The second-order valence-corrected chi connectivity index (χ2v) is 6.24. The van der Waals surface area contributed by atoms with Gasteiger partial charge in [-0.1, -0.05) is 29.5 Å². The van der Waals surface area contributed by atoms with Crippen molar-refractivity contribution in [3.8, 4) is 5.69 Å². The summed E-state index contributed by atoms with van der Waals surface area (Å²) in [5, 5.41) is 9.06. The van der Waals surface area contributed by atoms with E-state index in [0.717, 1.165) is 41.7 Å². The number of thioether (sulfide) groups is 1. The Morgan fingerprint density at radius 3 is 2.85 bits per heavy atom. The van der Waals surface area contributed by atoms with E-state index in [1.807, 2.05) is 42.2 Å². The molecule has 4 nitrogen and oxygen atoms in total. The summed E-state index contributed by atoms with van der Waals surface area (Å²) in [5.74, 6) is 2.28. The van der Waals surface area contributed by atoms with Gasteiger partial charge in [-0.2, -0.15) is 11.8 Å². The lowest BCUT2D eigenvalue weighted by molar-refractivity contribution is 0.439. The van der Waals surface area contributed by atoms with Crippen molar-refractivity contribution in [2.75, 3.05) is 24.6 Å². The molecule has 0 N–H and O–H groups in total. The highest BCUT2D eigenvalue weighted by Crippen LogP contribution is 2.21. The molecule has 2 heterocycles. The zero-order chi connectivity index (χ0) is 13.9. The lowest BCUT2D eigenvalue weighted by Crippen LogP contribution is -2.30. The van der Waals surface area contributed by atoms with E-state index in [-0.39, 0.29) is 0 Å². The van der Waals surface area contributed by atoms with Crippen LogP contribution in [0.5, 0.6) is 0 Å². The van der Waals surface area contributed by atoms with Crippen LogP contribution in [0.3, 0.4) is 0 Å². The highest BCUT2D eigenvalue weighted by molar-refractivity contribution is 7.99. The standard InChI is InChI=1S/C14H15ClN4S/c1-11(18-5-7-20-8-6-18)14-10-19(17-16-14)13-4-2-3-12(15)9-13/h2-4,9-10H,1,5-8H2. The van der Waals surface area contributed by atoms with Gasteiger partial charge in [0.1, 0.15) is 5.69 Å². The molecule has 0 spiro atoms. The summed E-state index contributed by atoms with van der Waals surface area (Å²) in [5.41, 5.74) is 2.66. The summed E-state index contributed by atoms with van der Waals surface area (Å²) in [6.07, 6.45) is 1.90. The average Bonchev–Trinajstić information content (AvgIpc) is 2.97. The van der Waals surface area contributed by atoms with E-state index in [0.29, 0.717) is 5.02 Å². The Balaban J connectivity index is 1.81. The van der Waals surface area contributed by atoms with E-state index in [1.165, 1.54) is 0 Å². The van der Waals surface area contributed by atoms with E-state index in [4.69, 9.17) is 11.6 Å². The minimum Gasteiger partial charge on any atom is -0.369 e. The van der Waals surface area contributed by atoms with Crippen molar-refractivity contribution in [3.63, 3.8) is 0 Å². The van der Waals surface area contributed by atoms with Crippen LogP contribution >= 0.6 is 23.4 Å². The molecule has 0 unspecified atom stereocenters. The molecule has 1 aromatic heterocycles. The zero-order valence-electron chi connectivity index (χ0n) is 11.0. The fourth-order valence-electron chi connectivity index (χ4n) is 2.14. The number of rotatable bonds is 3. The number of hydrogen-bond acceptors (Lipinski definition) is 4. The summed E-state index contributed by atoms with van der Waals surface area (Å²) in [6.45, 7) is 6.19. The lowest BCUT2D eigenvalue weighted by atomic mass is 10.3. The summed E-state index contributed by atoms with van der Waals surface area (Å²) in [7, 11) is 0.